The molecule has 1 heterocycles. The van der Waals surface area contributed by atoms with Gasteiger partial charge in [0.1, 0.15) is 6.10 Å². The summed E-state index contributed by atoms with van der Waals surface area (Å²) >= 11 is 5.95. The first-order valence-electron chi connectivity index (χ1n) is 11.5. The lowest BCUT2D eigenvalue weighted by Crippen LogP contribution is -2.39. The Hall–Kier alpha value is -3.12. The zero-order valence-corrected chi connectivity index (χ0v) is 20.4. The highest BCUT2D eigenvalue weighted by atomic mass is 35.5. The smallest absolute Gasteiger partial charge is 0.306 e. The molecule has 0 unspecified atom stereocenters. The second kappa shape index (κ2) is 12.4. The van der Waals surface area contributed by atoms with Gasteiger partial charge in [-0.3, -0.25) is 14.4 Å². The monoisotopic (exact) mass is 482 g/mol. The molecule has 0 saturated heterocycles. The van der Waals surface area contributed by atoms with Gasteiger partial charge < -0.3 is 14.5 Å². The van der Waals surface area contributed by atoms with Gasteiger partial charge in [-0.2, -0.15) is 0 Å². The van der Waals surface area contributed by atoms with E-state index in [9.17, 15) is 14.4 Å². The fourth-order valence-corrected chi connectivity index (χ4v) is 4.04. The van der Waals surface area contributed by atoms with Gasteiger partial charge in [0.05, 0.1) is 12.5 Å². The SMILES string of the molecule is CN(Cc1ccc(Cl)cc1)C(=O)C[C@@H]1CC=CCCC(=O)O[C@H](c2ccccc2)CN(C)C1=O. The number of cyclic esters (lactones) is 1. The molecule has 2 atom stereocenters. The van der Waals surface area contributed by atoms with Gasteiger partial charge in [0.15, 0.2) is 0 Å². The van der Waals surface area contributed by atoms with Crippen LogP contribution in [-0.4, -0.2) is 48.2 Å². The molecule has 1 aliphatic rings. The highest BCUT2D eigenvalue weighted by Gasteiger charge is 2.28. The topological polar surface area (TPSA) is 66.9 Å². The zero-order chi connectivity index (χ0) is 24.5. The van der Waals surface area contributed by atoms with Gasteiger partial charge in [-0.05, 0) is 36.1 Å². The summed E-state index contributed by atoms with van der Waals surface area (Å²) in [5.41, 5.74) is 1.80. The number of carbonyl (C=O) groups is 3. The van der Waals surface area contributed by atoms with E-state index >= 15 is 0 Å². The lowest BCUT2D eigenvalue weighted by molar-refractivity contribution is -0.153. The van der Waals surface area contributed by atoms with Crippen LogP contribution in [0.25, 0.3) is 0 Å². The first-order chi connectivity index (χ1) is 16.3. The molecule has 7 heteroatoms. The van der Waals surface area contributed by atoms with Crippen molar-refractivity contribution in [3.05, 3.63) is 82.9 Å². The third kappa shape index (κ3) is 7.45. The van der Waals surface area contributed by atoms with Crippen LogP contribution in [0.2, 0.25) is 5.02 Å². The second-order valence-electron chi connectivity index (χ2n) is 8.63. The fraction of sp³-hybridized carbons (Fsp3) is 0.370. The van der Waals surface area contributed by atoms with Gasteiger partial charge >= 0.3 is 5.97 Å². The Labute approximate surface area is 206 Å². The molecule has 34 heavy (non-hydrogen) atoms. The summed E-state index contributed by atoms with van der Waals surface area (Å²) in [7, 11) is 3.43. The number of nitrogens with zero attached hydrogens (tertiary/aromatic N) is 2. The van der Waals surface area contributed by atoms with Crippen LogP contribution in [0.15, 0.2) is 66.7 Å². The average Bonchev–Trinajstić information content (AvgIpc) is 2.83. The van der Waals surface area contributed by atoms with Crippen molar-refractivity contribution in [2.24, 2.45) is 5.92 Å². The normalized spacial score (nSPS) is 19.7. The van der Waals surface area contributed by atoms with Crippen molar-refractivity contribution in [1.29, 1.82) is 0 Å². The predicted octanol–water partition coefficient (Wildman–Crippen LogP) is 4.79. The van der Waals surface area contributed by atoms with E-state index in [1.807, 2.05) is 54.6 Å². The Morgan fingerprint density at radius 3 is 2.50 bits per heavy atom. The number of hydrogen-bond acceptors (Lipinski definition) is 4. The van der Waals surface area contributed by atoms with Gasteiger partial charge in [0, 0.05) is 38.5 Å². The van der Waals surface area contributed by atoms with E-state index in [4.69, 9.17) is 16.3 Å². The summed E-state index contributed by atoms with van der Waals surface area (Å²) in [5.74, 6) is -1.04. The number of halogens is 1. The molecule has 0 spiro atoms. The van der Waals surface area contributed by atoms with Crippen LogP contribution >= 0.6 is 11.6 Å². The Kier molecular flexibility index (Phi) is 9.28. The van der Waals surface area contributed by atoms with Crippen molar-refractivity contribution in [2.75, 3.05) is 20.6 Å². The third-order valence-corrected chi connectivity index (χ3v) is 6.14. The van der Waals surface area contributed by atoms with E-state index in [2.05, 4.69) is 0 Å². The lowest BCUT2D eigenvalue weighted by Gasteiger charge is -2.28. The molecule has 0 aromatic heterocycles. The Bertz CT molecular complexity index is 1010. The zero-order valence-electron chi connectivity index (χ0n) is 19.7. The van der Waals surface area contributed by atoms with E-state index in [0.29, 0.717) is 24.4 Å². The summed E-state index contributed by atoms with van der Waals surface area (Å²) in [4.78, 5) is 41.8. The van der Waals surface area contributed by atoms with Crippen molar-refractivity contribution >= 4 is 29.4 Å². The maximum atomic E-state index is 13.3. The van der Waals surface area contributed by atoms with Crippen molar-refractivity contribution in [3.63, 3.8) is 0 Å². The van der Waals surface area contributed by atoms with Gasteiger partial charge in [0.25, 0.3) is 0 Å². The fourth-order valence-electron chi connectivity index (χ4n) is 3.92. The first kappa shape index (κ1) is 25.5. The van der Waals surface area contributed by atoms with Crippen LogP contribution in [0, 0.1) is 5.92 Å². The van der Waals surface area contributed by atoms with Gasteiger partial charge in [-0.1, -0.05) is 66.2 Å². The maximum absolute atomic E-state index is 13.3. The van der Waals surface area contributed by atoms with E-state index in [1.165, 1.54) is 0 Å². The standard InChI is InChI=1S/C27H31ClN2O4/c1-29(18-20-13-15-23(28)16-14-20)25(31)17-22-11-7-4-8-12-26(32)34-24(19-30(2)27(22)33)21-9-5-3-6-10-21/h3-7,9-10,13-16,22,24H,8,11-12,17-19H2,1-2H3/t22-,24-/m0/s1. The summed E-state index contributed by atoms with van der Waals surface area (Å²) in [6.45, 7) is 0.665. The van der Waals surface area contributed by atoms with Crippen LogP contribution in [-0.2, 0) is 25.7 Å². The van der Waals surface area contributed by atoms with Crippen molar-refractivity contribution in [3.8, 4) is 0 Å². The summed E-state index contributed by atoms with van der Waals surface area (Å²) < 4.78 is 5.71. The molecule has 3 rings (SSSR count). The van der Waals surface area contributed by atoms with Gasteiger partial charge in [-0.15, -0.1) is 0 Å². The van der Waals surface area contributed by atoms with Crippen LogP contribution < -0.4 is 0 Å². The first-order valence-corrected chi connectivity index (χ1v) is 11.8. The highest BCUT2D eigenvalue weighted by Crippen LogP contribution is 2.23. The Balaban J connectivity index is 1.72. The number of benzene rings is 2. The van der Waals surface area contributed by atoms with Gasteiger partial charge in [0.2, 0.25) is 11.8 Å². The summed E-state index contributed by atoms with van der Waals surface area (Å²) in [6.07, 6.45) is 4.54. The molecule has 2 amide bonds. The van der Waals surface area contributed by atoms with Crippen LogP contribution in [0.5, 0.6) is 0 Å². The van der Waals surface area contributed by atoms with E-state index in [-0.39, 0.29) is 37.2 Å². The maximum Gasteiger partial charge on any atom is 0.306 e. The summed E-state index contributed by atoms with van der Waals surface area (Å²) in [6, 6.07) is 16.8. The molecule has 0 fully saturated rings. The highest BCUT2D eigenvalue weighted by molar-refractivity contribution is 6.30. The number of likely N-dealkylation sites (N-methyl/N-ethyl adjacent to an activating group) is 1. The molecular formula is C27H31ClN2O4. The predicted molar refractivity (Wildman–Crippen MR) is 132 cm³/mol. The van der Waals surface area contributed by atoms with Crippen molar-refractivity contribution in [1.82, 2.24) is 9.80 Å². The number of esters is 1. The number of ether oxygens (including phenoxy) is 1. The van der Waals surface area contributed by atoms with E-state index in [0.717, 1.165) is 11.1 Å². The molecule has 180 valence electrons. The summed E-state index contributed by atoms with van der Waals surface area (Å²) in [5, 5.41) is 0.644. The number of carbonyl (C=O) groups excluding carboxylic acids is 3. The van der Waals surface area contributed by atoms with E-state index in [1.54, 1.807) is 36.0 Å². The van der Waals surface area contributed by atoms with Gasteiger partial charge in [-0.25, -0.2) is 0 Å². The largest absolute Gasteiger partial charge is 0.456 e. The number of allylic oxidation sites excluding steroid dienone is 2. The molecule has 2 aromatic carbocycles. The molecule has 0 bridgehead atoms. The van der Waals surface area contributed by atoms with Crippen molar-refractivity contribution < 1.29 is 19.1 Å². The number of hydrogen-bond donors (Lipinski definition) is 0. The lowest BCUT2D eigenvalue weighted by atomic mass is 9.97. The quantitative estimate of drug-likeness (QED) is 0.454. The Morgan fingerprint density at radius 1 is 1.09 bits per heavy atom. The molecule has 0 N–H and O–H groups in total. The molecule has 2 aromatic rings. The number of rotatable bonds is 5. The van der Waals surface area contributed by atoms with Crippen LogP contribution in [0.4, 0.5) is 0 Å². The van der Waals surface area contributed by atoms with Crippen molar-refractivity contribution in [2.45, 2.75) is 38.3 Å². The second-order valence-corrected chi connectivity index (χ2v) is 9.07. The van der Waals surface area contributed by atoms with E-state index < -0.39 is 12.0 Å². The molecule has 6 nitrogen and oxygen atoms in total. The van der Waals surface area contributed by atoms with Crippen LogP contribution in [0.1, 0.15) is 42.9 Å². The minimum atomic E-state index is -0.560. The number of amides is 2. The third-order valence-electron chi connectivity index (χ3n) is 5.89. The molecular weight excluding hydrogens is 452 g/mol. The Morgan fingerprint density at radius 2 is 1.79 bits per heavy atom. The average molecular weight is 483 g/mol. The minimum Gasteiger partial charge on any atom is -0.456 e. The molecule has 1 aliphatic heterocycles. The minimum absolute atomic E-state index is 0.103. The molecule has 0 saturated carbocycles. The van der Waals surface area contributed by atoms with Crippen LogP contribution in [0.3, 0.4) is 0 Å². The molecule has 0 radical (unpaired) electrons. The molecule has 0 aliphatic carbocycles.